The predicted octanol–water partition coefficient (Wildman–Crippen LogP) is 4.58. The third-order valence-electron chi connectivity index (χ3n) is 5.27. The highest BCUT2D eigenvalue weighted by Gasteiger charge is 2.17. The van der Waals surface area contributed by atoms with E-state index in [9.17, 15) is 9.59 Å². The van der Waals surface area contributed by atoms with Gasteiger partial charge < -0.3 is 10.6 Å². The predicted molar refractivity (Wildman–Crippen MR) is 138 cm³/mol. The maximum absolute atomic E-state index is 12.8. The van der Waals surface area contributed by atoms with Crippen molar-refractivity contribution in [2.45, 2.75) is 32.0 Å². The molecule has 0 spiro atoms. The summed E-state index contributed by atoms with van der Waals surface area (Å²) in [5.74, 6) is 0.203. The van der Waals surface area contributed by atoms with Crippen LogP contribution in [0.1, 0.15) is 18.1 Å². The van der Waals surface area contributed by atoms with Crippen molar-refractivity contribution in [3.63, 3.8) is 0 Å². The quantitative estimate of drug-likeness (QED) is 0.336. The van der Waals surface area contributed by atoms with E-state index >= 15 is 0 Å². The Balaban J connectivity index is 1.47. The Hall–Kier alpha value is -3.98. The molecule has 178 valence electrons. The summed E-state index contributed by atoms with van der Waals surface area (Å²) in [6.07, 6.45) is 4.26. The lowest BCUT2D eigenvalue weighted by atomic mass is 10.1. The van der Waals surface area contributed by atoms with Crippen molar-refractivity contribution < 1.29 is 9.59 Å². The number of anilines is 2. The van der Waals surface area contributed by atoms with Crippen LogP contribution in [0.25, 0.3) is 11.4 Å². The largest absolute Gasteiger partial charge is 0.325 e. The first-order valence-electron chi connectivity index (χ1n) is 11.2. The van der Waals surface area contributed by atoms with E-state index < -0.39 is 0 Å². The highest BCUT2D eigenvalue weighted by Crippen LogP contribution is 2.22. The molecule has 2 aromatic heterocycles. The molecule has 35 heavy (non-hydrogen) atoms. The van der Waals surface area contributed by atoms with Gasteiger partial charge in [-0.05, 0) is 54.8 Å². The van der Waals surface area contributed by atoms with Gasteiger partial charge in [0.1, 0.15) is 6.54 Å². The topological polar surface area (TPSA) is 102 Å². The molecule has 4 rings (SSSR count). The van der Waals surface area contributed by atoms with Crippen molar-refractivity contribution >= 4 is 35.0 Å². The fourth-order valence-corrected chi connectivity index (χ4v) is 4.09. The van der Waals surface area contributed by atoms with E-state index in [1.165, 1.54) is 22.0 Å². The van der Waals surface area contributed by atoms with Crippen LogP contribution in [0, 0.1) is 6.92 Å². The van der Waals surface area contributed by atoms with Gasteiger partial charge in [-0.2, -0.15) is 0 Å². The van der Waals surface area contributed by atoms with Gasteiger partial charge in [0.2, 0.25) is 11.8 Å². The maximum atomic E-state index is 12.8. The van der Waals surface area contributed by atoms with Crippen LogP contribution in [0.15, 0.2) is 78.2 Å². The normalized spacial score (nSPS) is 10.7. The molecule has 0 unspecified atom stereocenters. The van der Waals surface area contributed by atoms with Gasteiger partial charge in [0, 0.05) is 29.3 Å². The molecule has 4 aromatic rings. The number of aryl methyl sites for hydroxylation is 2. The molecule has 0 bridgehead atoms. The number of para-hydroxylation sites is 1. The summed E-state index contributed by atoms with van der Waals surface area (Å²) in [7, 11) is 0. The number of nitrogens with one attached hydrogen (secondary N) is 2. The van der Waals surface area contributed by atoms with Crippen molar-refractivity contribution in [1.82, 2.24) is 19.7 Å². The van der Waals surface area contributed by atoms with Crippen LogP contribution in [0.3, 0.4) is 0 Å². The van der Waals surface area contributed by atoms with E-state index in [-0.39, 0.29) is 24.1 Å². The summed E-state index contributed by atoms with van der Waals surface area (Å²) in [6, 6.07) is 18.9. The lowest BCUT2D eigenvalue weighted by molar-refractivity contribution is -0.117. The number of carbonyl (C=O) groups is 2. The average molecular weight is 487 g/mol. The Bertz CT molecular complexity index is 1310. The summed E-state index contributed by atoms with van der Waals surface area (Å²) in [6.45, 7) is 3.99. The van der Waals surface area contributed by atoms with E-state index in [0.717, 1.165) is 28.9 Å². The number of hydrogen-bond acceptors (Lipinski definition) is 6. The fourth-order valence-electron chi connectivity index (χ4n) is 3.35. The van der Waals surface area contributed by atoms with Crippen molar-refractivity contribution in [2.24, 2.45) is 0 Å². The Morgan fingerprint density at radius 2 is 1.69 bits per heavy atom. The van der Waals surface area contributed by atoms with Crippen molar-refractivity contribution in [1.29, 1.82) is 0 Å². The molecular formula is C26H26N6O2S. The van der Waals surface area contributed by atoms with Crippen LogP contribution in [-0.4, -0.2) is 37.3 Å². The summed E-state index contributed by atoms with van der Waals surface area (Å²) < 4.78 is 1.53. The van der Waals surface area contributed by atoms with Gasteiger partial charge in [0.05, 0.1) is 5.75 Å². The van der Waals surface area contributed by atoms with Crippen LogP contribution in [0.5, 0.6) is 0 Å². The molecule has 0 radical (unpaired) electrons. The SMILES string of the molecule is CCc1ccc(NC(=O)CSc2nc(-c3ccncc3)nn2CC(=O)Nc2ccccc2C)cc1. The van der Waals surface area contributed by atoms with Crippen LogP contribution in [-0.2, 0) is 22.6 Å². The lowest BCUT2D eigenvalue weighted by Crippen LogP contribution is -2.21. The van der Waals surface area contributed by atoms with Crippen LogP contribution >= 0.6 is 11.8 Å². The molecule has 0 fully saturated rings. The number of benzene rings is 2. The molecule has 0 aliphatic heterocycles. The van der Waals surface area contributed by atoms with Crippen molar-refractivity contribution in [3.8, 4) is 11.4 Å². The molecule has 0 atom stereocenters. The van der Waals surface area contributed by atoms with E-state index in [4.69, 9.17) is 0 Å². The zero-order valence-corrected chi connectivity index (χ0v) is 20.4. The van der Waals surface area contributed by atoms with Gasteiger partial charge in [-0.1, -0.05) is 49.0 Å². The molecule has 2 amide bonds. The molecule has 2 N–H and O–H groups in total. The van der Waals surface area contributed by atoms with Crippen molar-refractivity contribution in [2.75, 3.05) is 16.4 Å². The second-order valence-corrected chi connectivity index (χ2v) is 8.80. The summed E-state index contributed by atoms with van der Waals surface area (Å²) in [5.41, 5.74) is 4.44. The van der Waals surface area contributed by atoms with Gasteiger partial charge in [-0.15, -0.1) is 5.10 Å². The van der Waals surface area contributed by atoms with E-state index in [0.29, 0.717) is 11.0 Å². The number of carbonyl (C=O) groups excluding carboxylic acids is 2. The summed E-state index contributed by atoms with van der Waals surface area (Å²) in [4.78, 5) is 33.9. The molecule has 9 heteroatoms. The van der Waals surface area contributed by atoms with Gasteiger partial charge in [-0.3, -0.25) is 14.6 Å². The molecule has 0 aliphatic carbocycles. The molecule has 0 aliphatic rings. The molecule has 8 nitrogen and oxygen atoms in total. The van der Waals surface area contributed by atoms with E-state index in [2.05, 4.69) is 32.6 Å². The number of thioether (sulfide) groups is 1. The second-order valence-electron chi connectivity index (χ2n) is 7.86. The second kappa shape index (κ2) is 11.4. The smallest absolute Gasteiger partial charge is 0.246 e. The average Bonchev–Trinajstić information content (AvgIpc) is 3.27. The molecule has 0 saturated carbocycles. The Kier molecular flexibility index (Phi) is 7.89. The van der Waals surface area contributed by atoms with Crippen LogP contribution in [0.4, 0.5) is 11.4 Å². The highest BCUT2D eigenvalue weighted by atomic mass is 32.2. The Morgan fingerprint density at radius 1 is 0.943 bits per heavy atom. The molecular weight excluding hydrogens is 460 g/mol. The number of nitrogens with zero attached hydrogens (tertiary/aromatic N) is 4. The number of rotatable bonds is 9. The number of aromatic nitrogens is 4. The molecule has 2 aromatic carbocycles. The minimum absolute atomic E-state index is 0.0329. The number of hydrogen-bond donors (Lipinski definition) is 2. The van der Waals surface area contributed by atoms with Crippen molar-refractivity contribution in [3.05, 3.63) is 84.2 Å². The minimum Gasteiger partial charge on any atom is -0.325 e. The first-order valence-corrected chi connectivity index (χ1v) is 12.2. The van der Waals surface area contributed by atoms with E-state index in [1.54, 1.807) is 24.5 Å². The van der Waals surface area contributed by atoms with Gasteiger partial charge in [-0.25, -0.2) is 9.67 Å². The van der Waals surface area contributed by atoms with Gasteiger partial charge in [0.25, 0.3) is 0 Å². The fraction of sp³-hybridized carbons (Fsp3) is 0.192. The number of pyridine rings is 1. The Labute approximate surface area is 208 Å². The first-order chi connectivity index (χ1) is 17.0. The monoisotopic (exact) mass is 486 g/mol. The zero-order chi connectivity index (χ0) is 24.6. The van der Waals surface area contributed by atoms with E-state index in [1.807, 2.05) is 55.5 Å². The Morgan fingerprint density at radius 3 is 2.40 bits per heavy atom. The maximum Gasteiger partial charge on any atom is 0.246 e. The van der Waals surface area contributed by atoms with Gasteiger partial charge >= 0.3 is 0 Å². The highest BCUT2D eigenvalue weighted by molar-refractivity contribution is 7.99. The minimum atomic E-state index is -0.229. The molecule has 2 heterocycles. The van der Waals surface area contributed by atoms with Crippen LogP contribution < -0.4 is 10.6 Å². The zero-order valence-electron chi connectivity index (χ0n) is 19.6. The first kappa shape index (κ1) is 24.2. The summed E-state index contributed by atoms with van der Waals surface area (Å²) in [5, 5.41) is 10.8. The third-order valence-corrected chi connectivity index (χ3v) is 6.23. The van der Waals surface area contributed by atoms with Gasteiger partial charge in [0.15, 0.2) is 11.0 Å². The van der Waals surface area contributed by atoms with Crippen LogP contribution in [0.2, 0.25) is 0 Å². The standard InChI is InChI=1S/C26H26N6O2S/c1-3-19-8-10-21(11-9-19)28-24(34)17-35-26-30-25(20-12-14-27-15-13-20)31-32(26)16-23(33)29-22-7-5-4-6-18(22)2/h4-15H,3,16-17H2,1-2H3,(H,28,34)(H,29,33). The number of amides is 2. The summed E-state index contributed by atoms with van der Waals surface area (Å²) >= 11 is 1.23. The lowest BCUT2D eigenvalue weighted by Gasteiger charge is -2.09. The molecule has 0 saturated heterocycles. The third kappa shape index (κ3) is 6.54.